The van der Waals surface area contributed by atoms with Gasteiger partial charge in [0.15, 0.2) is 0 Å². The van der Waals surface area contributed by atoms with E-state index in [9.17, 15) is 9.59 Å². The van der Waals surface area contributed by atoms with Crippen LogP contribution in [0.25, 0.3) is 0 Å². The molecule has 3 N–H and O–H groups in total. The fourth-order valence-corrected chi connectivity index (χ4v) is 3.24. The van der Waals surface area contributed by atoms with Crippen LogP contribution in [0.4, 0.5) is 9.93 Å². The summed E-state index contributed by atoms with van der Waals surface area (Å²) in [6, 6.07) is 9.27. The first-order valence-corrected chi connectivity index (χ1v) is 8.81. The number of amides is 2. The highest BCUT2D eigenvalue weighted by molar-refractivity contribution is 7.99. The minimum Gasteiger partial charge on any atom is -0.481 e. The molecule has 9 heteroatoms. The number of benzene rings is 1. The molecule has 2 rings (SSSR count). The summed E-state index contributed by atoms with van der Waals surface area (Å²) in [5.74, 6) is -0.892. The largest absolute Gasteiger partial charge is 0.481 e. The number of hydrogen-bond donors (Lipinski definition) is 3. The number of carboxylic acid groups (broad SMARTS) is 1. The predicted octanol–water partition coefficient (Wildman–Crippen LogP) is 3.45. The molecular formula is C15H18N4O3S2. The Balaban J connectivity index is 1.87. The molecule has 1 heterocycles. The van der Waals surface area contributed by atoms with Crippen molar-refractivity contribution in [3.63, 3.8) is 0 Å². The molecule has 7 nitrogen and oxygen atoms in total. The number of nitrogens with one attached hydrogen (secondary N) is 2. The zero-order valence-corrected chi connectivity index (χ0v) is 14.9. The molecule has 0 spiro atoms. The number of anilines is 1. The van der Waals surface area contributed by atoms with E-state index >= 15 is 0 Å². The van der Waals surface area contributed by atoms with Gasteiger partial charge in [0.05, 0.1) is 0 Å². The Morgan fingerprint density at radius 2 is 2.00 bits per heavy atom. The molecule has 0 saturated heterocycles. The number of hydrogen-bond acceptors (Lipinski definition) is 6. The Kier molecular flexibility index (Phi) is 6.16. The summed E-state index contributed by atoms with van der Waals surface area (Å²) < 4.78 is 4.19. The molecule has 0 saturated carbocycles. The third kappa shape index (κ3) is 6.17. The van der Waals surface area contributed by atoms with Crippen LogP contribution in [-0.4, -0.2) is 32.0 Å². The monoisotopic (exact) mass is 366 g/mol. The number of rotatable bonds is 7. The van der Waals surface area contributed by atoms with Crippen molar-refractivity contribution < 1.29 is 14.7 Å². The van der Waals surface area contributed by atoms with Crippen molar-refractivity contribution in [1.82, 2.24) is 14.7 Å². The summed E-state index contributed by atoms with van der Waals surface area (Å²) in [5, 5.41) is 15.0. The summed E-state index contributed by atoms with van der Waals surface area (Å²) in [6.07, 6.45) is 0.324. The number of carbonyl (C=O) groups excluding carboxylic acids is 1. The maximum absolute atomic E-state index is 12.0. The third-order valence-corrected chi connectivity index (χ3v) is 4.62. The molecule has 0 atom stereocenters. The Bertz CT molecular complexity index is 704. The van der Waals surface area contributed by atoms with E-state index in [2.05, 4.69) is 20.0 Å². The normalized spacial score (nSPS) is 11.1. The third-order valence-electron chi connectivity index (χ3n) is 3.00. The van der Waals surface area contributed by atoms with Crippen LogP contribution in [0.2, 0.25) is 0 Å². The molecule has 24 heavy (non-hydrogen) atoms. The fraction of sp³-hybridized carbons (Fsp3) is 0.333. The highest BCUT2D eigenvalue weighted by atomic mass is 32.2. The highest BCUT2D eigenvalue weighted by Crippen LogP contribution is 2.27. The maximum Gasteiger partial charge on any atom is 0.321 e. The van der Waals surface area contributed by atoms with Crippen molar-refractivity contribution in [3.8, 4) is 0 Å². The smallest absolute Gasteiger partial charge is 0.321 e. The van der Waals surface area contributed by atoms with Crippen LogP contribution in [0.15, 0.2) is 40.4 Å². The van der Waals surface area contributed by atoms with Crippen LogP contribution < -0.4 is 10.6 Å². The Labute approximate surface area is 148 Å². The van der Waals surface area contributed by atoms with Gasteiger partial charge in [-0.1, -0.05) is 18.2 Å². The second-order valence-corrected chi connectivity index (χ2v) is 7.45. The van der Waals surface area contributed by atoms with Gasteiger partial charge in [0.25, 0.3) is 0 Å². The summed E-state index contributed by atoms with van der Waals surface area (Å²) in [7, 11) is 0. The predicted molar refractivity (Wildman–Crippen MR) is 93.6 cm³/mol. The molecule has 0 aliphatic heterocycles. The first kappa shape index (κ1) is 18.2. The van der Waals surface area contributed by atoms with Crippen LogP contribution >= 0.6 is 23.3 Å². The Morgan fingerprint density at radius 3 is 2.67 bits per heavy atom. The minimum atomic E-state index is -0.892. The molecule has 0 aliphatic carbocycles. The zero-order chi connectivity index (χ0) is 17.6. The van der Waals surface area contributed by atoms with Crippen molar-refractivity contribution in [2.24, 2.45) is 0 Å². The lowest BCUT2D eigenvalue weighted by Gasteiger charge is -2.25. The molecule has 2 amide bonds. The van der Waals surface area contributed by atoms with Crippen LogP contribution in [-0.2, 0) is 4.79 Å². The van der Waals surface area contributed by atoms with Gasteiger partial charge in [0.1, 0.15) is 0 Å². The topological polar surface area (TPSA) is 104 Å². The first-order valence-electron chi connectivity index (χ1n) is 7.22. The average Bonchev–Trinajstić information content (AvgIpc) is 2.92. The van der Waals surface area contributed by atoms with Crippen LogP contribution in [0.5, 0.6) is 0 Å². The van der Waals surface area contributed by atoms with E-state index in [1.165, 1.54) is 11.8 Å². The van der Waals surface area contributed by atoms with Crippen LogP contribution in [0, 0.1) is 0 Å². The lowest BCUT2D eigenvalue weighted by Crippen LogP contribution is -2.45. The molecule has 0 fully saturated rings. The SMILES string of the molecule is CC(C)(CCC(=O)O)NC(=O)Nc1nc(Sc2ccccc2)ns1. The molecular weight excluding hydrogens is 348 g/mol. The first-order chi connectivity index (χ1) is 11.3. The van der Waals surface area contributed by atoms with Gasteiger partial charge in [-0.3, -0.25) is 10.1 Å². The summed E-state index contributed by atoms with van der Waals surface area (Å²) >= 11 is 2.50. The zero-order valence-electron chi connectivity index (χ0n) is 13.3. The van der Waals surface area contributed by atoms with Gasteiger partial charge < -0.3 is 10.4 Å². The molecule has 0 aliphatic rings. The van der Waals surface area contributed by atoms with Gasteiger partial charge in [-0.15, -0.1) is 0 Å². The number of aromatic nitrogens is 2. The fourth-order valence-electron chi connectivity index (χ4n) is 1.81. The highest BCUT2D eigenvalue weighted by Gasteiger charge is 2.22. The van der Waals surface area contributed by atoms with Crippen LogP contribution in [0.1, 0.15) is 26.7 Å². The molecule has 0 bridgehead atoms. The van der Waals surface area contributed by atoms with Crippen molar-refractivity contribution >= 4 is 40.4 Å². The second kappa shape index (κ2) is 8.11. The number of urea groups is 1. The molecule has 0 radical (unpaired) electrons. The summed E-state index contributed by atoms with van der Waals surface area (Å²) in [5.41, 5.74) is -0.630. The quantitative estimate of drug-likeness (QED) is 0.693. The van der Waals surface area contributed by atoms with Gasteiger partial charge in [0.2, 0.25) is 10.3 Å². The van der Waals surface area contributed by atoms with E-state index in [-0.39, 0.29) is 6.42 Å². The Morgan fingerprint density at radius 1 is 1.29 bits per heavy atom. The molecule has 2 aromatic rings. The van der Waals surface area contributed by atoms with E-state index in [0.717, 1.165) is 16.4 Å². The van der Waals surface area contributed by atoms with Crippen molar-refractivity contribution in [2.45, 2.75) is 42.3 Å². The van der Waals surface area contributed by atoms with E-state index in [1.54, 1.807) is 13.8 Å². The van der Waals surface area contributed by atoms with Gasteiger partial charge in [0, 0.05) is 28.4 Å². The Hall–Kier alpha value is -2.13. The molecule has 128 valence electrons. The number of carboxylic acids is 1. The van der Waals surface area contributed by atoms with Crippen LogP contribution in [0.3, 0.4) is 0 Å². The molecule has 1 aromatic carbocycles. The van der Waals surface area contributed by atoms with E-state index in [1.807, 2.05) is 30.3 Å². The lowest BCUT2D eigenvalue weighted by molar-refractivity contribution is -0.137. The van der Waals surface area contributed by atoms with E-state index < -0.39 is 17.5 Å². The number of nitrogens with zero attached hydrogens (tertiary/aromatic N) is 2. The minimum absolute atomic E-state index is 0.00997. The maximum atomic E-state index is 12.0. The standard InChI is InChI=1S/C15H18N4O3S2/c1-15(2,9-8-11(20)21)18-12(22)16-13-17-14(19-24-13)23-10-6-4-3-5-7-10/h3-7H,8-9H2,1-2H3,(H,20,21)(H2,16,17,18,19,22). The number of aliphatic carboxylic acids is 1. The van der Waals surface area contributed by atoms with Crippen molar-refractivity contribution in [3.05, 3.63) is 30.3 Å². The van der Waals surface area contributed by atoms with E-state index in [4.69, 9.17) is 5.11 Å². The summed E-state index contributed by atoms with van der Waals surface area (Å²) in [6.45, 7) is 3.54. The van der Waals surface area contributed by atoms with Gasteiger partial charge in [-0.25, -0.2) is 4.79 Å². The van der Waals surface area contributed by atoms with Gasteiger partial charge in [-0.05, 0) is 44.2 Å². The van der Waals surface area contributed by atoms with Gasteiger partial charge >= 0.3 is 12.0 Å². The summed E-state index contributed by atoms with van der Waals surface area (Å²) in [4.78, 5) is 27.9. The molecule has 0 unspecified atom stereocenters. The lowest BCUT2D eigenvalue weighted by atomic mass is 9.99. The van der Waals surface area contributed by atoms with Crippen molar-refractivity contribution in [2.75, 3.05) is 5.32 Å². The van der Waals surface area contributed by atoms with E-state index in [0.29, 0.717) is 16.7 Å². The second-order valence-electron chi connectivity index (χ2n) is 5.65. The number of carbonyl (C=O) groups is 2. The molecule has 1 aromatic heterocycles. The van der Waals surface area contributed by atoms with Crippen molar-refractivity contribution in [1.29, 1.82) is 0 Å². The average molecular weight is 366 g/mol. The van der Waals surface area contributed by atoms with Gasteiger partial charge in [-0.2, -0.15) is 9.36 Å².